The number of phenolic OH excluding ortho intramolecular Hbond substituents is 1. The first-order chi connectivity index (χ1) is 10.9. The number of carbonyl (C=O) groups excluding carboxylic acids is 1. The van der Waals surface area contributed by atoms with E-state index in [1.165, 1.54) is 36.4 Å². The average Bonchev–Trinajstić information content (AvgIpc) is 2.51. The molecule has 0 unspecified atom stereocenters. The molecule has 0 aromatic heterocycles. The third-order valence-electron chi connectivity index (χ3n) is 2.99. The number of carbonyl (C=O) groups is 2. The maximum absolute atomic E-state index is 11.7. The molecule has 3 N–H and O–H groups in total. The largest absolute Gasteiger partial charge is 0.506 e. The van der Waals surface area contributed by atoms with Gasteiger partial charge >= 0.3 is 11.9 Å². The summed E-state index contributed by atoms with van der Waals surface area (Å²) in [4.78, 5) is 23.0. The summed E-state index contributed by atoms with van der Waals surface area (Å²) in [5.41, 5.74) is 0.593. The van der Waals surface area contributed by atoms with Gasteiger partial charge < -0.3 is 20.3 Å². The van der Waals surface area contributed by atoms with Gasteiger partial charge in [-0.15, -0.1) is 0 Å². The first-order valence-electron chi connectivity index (χ1n) is 6.72. The number of carboxylic acid groups (broad SMARTS) is 1. The number of anilines is 2. The fourth-order valence-electron chi connectivity index (χ4n) is 1.93. The van der Waals surface area contributed by atoms with Gasteiger partial charge in [0.15, 0.2) is 0 Å². The number of ether oxygens (including phenoxy) is 1. The summed E-state index contributed by atoms with van der Waals surface area (Å²) in [5, 5.41) is 22.2. The monoisotopic (exact) mass is 335 g/mol. The van der Waals surface area contributed by atoms with Crippen molar-refractivity contribution < 1.29 is 24.5 Å². The second-order valence-corrected chi connectivity index (χ2v) is 5.01. The average molecular weight is 336 g/mol. The molecule has 0 radical (unpaired) electrons. The molecule has 2 aromatic carbocycles. The maximum atomic E-state index is 11.7. The molecule has 0 aliphatic rings. The fraction of sp³-hybridized carbons (Fsp3) is 0.125. The van der Waals surface area contributed by atoms with Crippen molar-refractivity contribution in [3.8, 4) is 5.75 Å². The van der Waals surface area contributed by atoms with Gasteiger partial charge in [-0.2, -0.15) is 0 Å². The Bertz CT molecular complexity index is 760. The zero-order chi connectivity index (χ0) is 17.0. The minimum Gasteiger partial charge on any atom is -0.506 e. The summed E-state index contributed by atoms with van der Waals surface area (Å²) >= 11 is 5.80. The molecule has 0 amide bonds. The molecule has 6 nitrogen and oxygen atoms in total. The van der Waals surface area contributed by atoms with Gasteiger partial charge in [0.1, 0.15) is 5.75 Å². The quantitative estimate of drug-likeness (QED) is 0.570. The van der Waals surface area contributed by atoms with Crippen LogP contribution in [0, 0.1) is 0 Å². The molecule has 0 aliphatic heterocycles. The fourth-order valence-corrected chi connectivity index (χ4v) is 2.10. The molecule has 2 rings (SSSR count). The molecular formula is C16H14ClNO5. The summed E-state index contributed by atoms with van der Waals surface area (Å²) in [6.45, 7) is 1.91. The number of carboxylic acids is 1. The standard InChI is InChI=1S/C16H14ClNO5/c1-2-23-16(22)9-3-6-14(19)13(7-9)18-12-5-4-10(17)8-11(12)15(20)21/h3-8,18-19H,2H2,1H3,(H,20,21). The molecule has 2 aromatic rings. The number of phenols is 1. The van der Waals surface area contributed by atoms with Gasteiger partial charge in [-0.3, -0.25) is 0 Å². The summed E-state index contributed by atoms with van der Waals surface area (Å²) in [6, 6.07) is 8.40. The van der Waals surface area contributed by atoms with Crippen molar-refractivity contribution in [1.82, 2.24) is 0 Å². The highest BCUT2D eigenvalue weighted by Gasteiger charge is 2.14. The van der Waals surface area contributed by atoms with Crippen molar-refractivity contribution in [2.24, 2.45) is 0 Å². The number of aromatic carboxylic acids is 1. The number of hydrogen-bond acceptors (Lipinski definition) is 5. The lowest BCUT2D eigenvalue weighted by atomic mass is 10.1. The SMILES string of the molecule is CCOC(=O)c1ccc(O)c(Nc2ccc(Cl)cc2C(=O)O)c1. The van der Waals surface area contributed by atoms with Crippen molar-refractivity contribution in [2.45, 2.75) is 6.92 Å². The Hall–Kier alpha value is -2.73. The number of benzene rings is 2. The van der Waals surface area contributed by atoms with E-state index in [0.29, 0.717) is 0 Å². The van der Waals surface area contributed by atoms with Crippen molar-refractivity contribution in [2.75, 3.05) is 11.9 Å². The lowest BCUT2D eigenvalue weighted by molar-refractivity contribution is 0.0526. The van der Waals surface area contributed by atoms with Gasteiger partial charge in [-0.25, -0.2) is 9.59 Å². The van der Waals surface area contributed by atoms with E-state index in [0.717, 1.165) is 0 Å². The smallest absolute Gasteiger partial charge is 0.338 e. The van der Waals surface area contributed by atoms with E-state index >= 15 is 0 Å². The predicted octanol–water partition coefficient (Wildman–Crippen LogP) is 3.66. The molecule has 0 saturated carbocycles. The van der Waals surface area contributed by atoms with Gasteiger partial charge in [-0.05, 0) is 43.3 Å². The van der Waals surface area contributed by atoms with Crippen LogP contribution in [-0.4, -0.2) is 28.8 Å². The Morgan fingerprint density at radius 3 is 2.57 bits per heavy atom. The molecule has 0 saturated heterocycles. The maximum Gasteiger partial charge on any atom is 0.338 e. The number of esters is 1. The highest BCUT2D eigenvalue weighted by atomic mass is 35.5. The normalized spacial score (nSPS) is 10.2. The number of hydrogen-bond donors (Lipinski definition) is 3. The highest BCUT2D eigenvalue weighted by Crippen LogP contribution is 2.30. The molecule has 0 heterocycles. The van der Waals surface area contributed by atoms with Crippen molar-refractivity contribution in [3.63, 3.8) is 0 Å². The summed E-state index contributed by atoms with van der Waals surface area (Å²) in [6.07, 6.45) is 0. The van der Waals surface area contributed by atoms with Gasteiger partial charge in [0.2, 0.25) is 0 Å². The van der Waals surface area contributed by atoms with Crippen molar-refractivity contribution >= 4 is 34.9 Å². The zero-order valence-corrected chi connectivity index (χ0v) is 12.9. The minimum absolute atomic E-state index is 0.0570. The van der Waals surface area contributed by atoms with E-state index in [9.17, 15) is 19.8 Å². The van der Waals surface area contributed by atoms with Crippen molar-refractivity contribution in [1.29, 1.82) is 0 Å². The number of rotatable bonds is 5. The molecule has 0 fully saturated rings. The van der Waals surface area contributed by atoms with Gasteiger partial charge in [-0.1, -0.05) is 11.6 Å². The molecule has 0 aliphatic carbocycles. The van der Waals surface area contributed by atoms with E-state index in [1.54, 1.807) is 6.92 Å². The van der Waals surface area contributed by atoms with Crippen LogP contribution in [0.4, 0.5) is 11.4 Å². The van der Waals surface area contributed by atoms with Crippen molar-refractivity contribution in [3.05, 3.63) is 52.5 Å². The Labute approximate surface area is 137 Å². The first kappa shape index (κ1) is 16.6. The van der Waals surface area contributed by atoms with Crippen LogP contribution in [0.5, 0.6) is 5.75 Å². The van der Waals surface area contributed by atoms with Crippen LogP contribution in [0.2, 0.25) is 5.02 Å². The Morgan fingerprint density at radius 2 is 1.91 bits per heavy atom. The van der Waals surface area contributed by atoms with Crippen LogP contribution < -0.4 is 5.32 Å². The van der Waals surface area contributed by atoms with Crippen LogP contribution >= 0.6 is 11.6 Å². The summed E-state index contributed by atoms with van der Waals surface area (Å²) < 4.78 is 4.89. The van der Waals surface area contributed by atoms with Crippen LogP contribution in [0.15, 0.2) is 36.4 Å². The second-order valence-electron chi connectivity index (χ2n) is 4.57. The second kappa shape index (κ2) is 7.02. The van der Waals surface area contributed by atoms with Gasteiger partial charge in [0.25, 0.3) is 0 Å². The molecule has 0 bridgehead atoms. The van der Waals surface area contributed by atoms with Crippen LogP contribution in [0.3, 0.4) is 0 Å². The highest BCUT2D eigenvalue weighted by molar-refractivity contribution is 6.31. The Kier molecular flexibility index (Phi) is 5.08. The summed E-state index contributed by atoms with van der Waals surface area (Å²) in [7, 11) is 0. The van der Waals surface area contributed by atoms with Gasteiger partial charge in [0.05, 0.1) is 29.1 Å². The molecule has 23 heavy (non-hydrogen) atoms. The van der Waals surface area contributed by atoms with Crippen LogP contribution in [0.1, 0.15) is 27.6 Å². The molecule has 0 atom stereocenters. The predicted molar refractivity (Wildman–Crippen MR) is 85.8 cm³/mol. The van der Waals surface area contributed by atoms with E-state index in [4.69, 9.17) is 16.3 Å². The lowest BCUT2D eigenvalue weighted by Gasteiger charge is -2.12. The topological polar surface area (TPSA) is 95.9 Å². The Morgan fingerprint density at radius 1 is 1.17 bits per heavy atom. The molecule has 120 valence electrons. The Balaban J connectivity index is 2.39. The molecule has 0 spiro atoms. The molecular weight excluding hydrogens is 322 g/mol. The zero-order valence-electron chi connectivity index (χ0n) is 12.2. The first-order valence-corrected chi connectivity index (χ1v) is 7.10. The van der Waals surface area contributed by atoms with E-state index in [1.807, 2.05) is 0 Å². The van der Waals surface area contributed by atoms with E-state index in [-0.39, 0.29) is 39.9 Å². The van der Waals surface area contributed by atoms with Crippen LogP contribution in [0.25, 0.3) is 0 Å². The molecule has 7 heteroatoms. The number of nitrogens with one attached hydrogen (secondary N) is 1. The van der Waals surface area contributed by atoms with Gasteiger partial charge in [0, 0.05) is 5.02 Å². The van der Waals surface area contributed by atoms with Crippen LogP contribution in [-0.2, 0) is 4.74 Å². The van der Waals surface area contributed by atoms with E-state index < -0.39 is 11.9 Å². The third-order valence-corrected chi connectivity index (χ3v) is 3.22. The number of aromatic hydroxyl groups is 1. The lowest BCUT2D eigenvalue weighted by Crippen LogP contribution is -2.06. The summed E-state index contributed by atoms with van der Waals surface area (Å²) in [5.74, 6) is -1.84. The number of halogens is 1. The van der Waals surface area contributed by atoms with E-state index in [2.05, 4.69) is 5.32 Å². The third kappa shape index (κ3) is 3.92. The minimum atomic E-state index is -1.17.